The van der Waals surface area contributed by atoms with E-state index in [9.17, 15) is 0 Å². The maximum absolute atomic E-state index is 6.32. The molecule has 0 aliphatic carbocycles. The molecule has 0 amide bonds. The van der Waals surface area contributed by atoms with Crippen molar-refractivity contribution in [3.8, 4) is 0 Å². The number of halogens is 1. The van der Waals surface area contributed by atoms with Gasteiger partial charge in [0.1, 0.15) is 0 Å². The average molecular weight is 287 g/mol. The van der Waals surface area contributed by atoms with Crippen molar-refractivity contribution in [1.29, 1.82) is 0 Å². The summed E-state index contributed by atoms with van der Waals surface area (Å²) in [4.78, 5) is 2.38. The van der Waals surface area contributed by atoms with Crippen LogP contribution in [0.5, 0.6) is 0 Å². The molecule has 0 saturated heterocycles. The van der Waals surface area contributed by atoms with Crippen LogP contribution in [0.1, 0.15) is 24.5 Å². The highest BCUT2D eigenvalue weighted by atomic mass is 35.5. The van der Waals surface area contributed by atoms with Gasteiger partial charge in [0.05, 0.1) is 0 Å². The highest BCUT2D eigenvalue weighted by molar-refractivity contribution is 6.31. The van der Waals surface area contributed by atoms with Crippen LogP contribution in [-0.4, -0.2) is 6.04 Å². The lowest BCUT2D eigenvalue weighted by atomic mass is 9.95. The number of hydrogen-bond acceptors (Lipinski definition) is 2. The number of benzene rings is 2. The van der Waals surface area contributed by atoms with E-state index < -0.39 is 0 Å². The smallest absolute Gasteiger partial charge is 0.0473 e. The molecular weight excluding hydrogens is 268 g/mol. The number of anilines is 2. The summed E-state index contributed by atoms with van der Waals surface area (Å²) in [5, 5.41) is 0.750. The molecule has 0 spiro atoms. The fourth-order valence-corrected chi connectivity index (χ4v) is 3.28. The van der Waals surface area contributed by atoms with Crippen LogP contribution in [0.2, 0.25) is 5.02 Å². The van der Waals surface area contributed by atoms with Crippen molar-refractivity contribution in [2.75, 3.05) is 4.90 Å². The summed E-state index contributed by atoms with van der Waals surface area (Å²) in [6, 6.07) is 15.1. The molecule has 1 atom stereocenters. The van der Waals surface area contributed by atoms with Crippen molar-refractivity contribution in [2.45, 2.75) is 32.4 Å². The Labute approximate surface area is 125 Å². The van der Waals surface area contributed by atoms with E-state index in [4.69, 9.17) is 17.3 Å². The molecule has 0 aromatic heterocycles. The maximum Gasteiger partial charge on any atom is 0.0473 e. The van der Waals surface area contributed by atoms with E-state index in [1.165, 1.54) is 11.3 Å². The van der Waals surface area contributed by atoms with Crippen molar-refractivity contribution in [1.82, 2.24) is 0 Å². The predicted octanol–water partition coefficient (Wildman–Crippen LogP) is 4.27. The second-order valence-electron chi connectivity index (χ2n) is 5.33. The number of nitrogens with zero attached hydrogens (tertiary/aromatic N) is 1. The van der Waals surface area contributed by atoms with Gasteiger partial charge in [0, 0.05) is 34.5 Å². The molecular formula is C17H19ClN2. The summed E-state index contributed by atoms with van der Waals surface area (Å²) < 4.78 is 0. The second kappa shape index (κ2) is 5.47. The first kappa shape index (κ1) is 13.5. The molecule has 1 aliphatic rings. The molecule has 2 N–H and O–H groups in total. The van der Waals surface area contributed by atoms with Gasteiger partial charge in [-0.2, -0.15) is 0 Å². The monoisotopic (exact) mass is 286 g/mol. The molecule has 1 heterocycles. The zero-order valence-electron chi connectivity index (χ0n) is 11.6. The van der Waals surface area contributed by atoms with Crippen LogP contribution in [0.3, 0.4) is 0 Å². The highest BCUT2D eigenvalue weighted by Crippen LogP contribution is 2.39. The lowest BCUT2D eigenvalue weighted by molar-refractivity contribution is 0.616. The number of rotatable bonds is 2. The van der Waals surface area contributed by atoms with E-state index in [0.29, 0.717) is 12.6 Å². The average Bonchev–Trinajstić information content (AvgIpc) is 2.47. The zero-order chi connectivity index (χ0) is 14.1. The molecule has 1 aliphatic heterocycles. The SMILES string of the molecule is CC1CCc2ccccc2N1c1cccc(Cl)c1CN. The Morgan fingerprint density at radius 1 is 1.15 bits per heavy atom. The minimum atomic E-state index is 0.452. The van der Waals surface area contributed by atoms with Crippen LogP contribution < -0.4 is 10.6 Å². The Morgan fingerprint density at radius 2 is 1.90 bits per heavy atom. The number of hydrogen-bond donors (Lipinski definition) is 1. The van der Waals surface area contributed by atoms with E-state index in [1.807, 2.05) is 12.1 Å². The van der Waals surface area contributed by atoms with Gasteiger partial charge in [-0.25, -0.2) is 0 Å². The minimum Gasteiger partial charge on any atom is -0.338 e. The van der Waals surface area contributed by atoms with Crippen LogP contribution >= 0.6 is 11.6 Å². The summed E-state index contributed by atoms with van der Waals surface area (Å²) in [6.45, 7) is 2.72. The number of aryl methyl sites for hydroxylation is 1. The Kier molecular flexibility index (Phi) is 3.68. The van der Waals surface area contributed by atoms with Crippen molar-refractivity contribution < 1.29 is 0 Å². The highest BCUT2D eigenvalue weighted by Gasteiger charge is 2.25. The summed E-state index contributed by atoms with van der Waals surface area (Å²) in [6.07, 6.45) is 2.28. The van der Waals surface area contributed by atoms with Crippen LogP contribution in [0.4, 0.5) is 11.4 Å². The molecule has 3 rings (SSSR count). The number of nitrogens with two attached hydrogens (primary N) is 1. The van der Waals surface area contributed by atoms with Crippen molar-refractivity contribution >= 4 is 23.0 Å². The molecule has 3 heteroatoms. The van der Waals surface area contributed by atoms with Crippen LogP contribution in [-0.2, 0) is 13.0 Å². The zero-order valence-corrected chi connectivity index (χ0v) is 12.4. The van der Waals surface area contributed by atoms with Gasteiger partial charge >= 0.3 is 0 Å². The van der Waals surface area contributed by atoms with Gasteiger partial charge in [-0.15, -0.1) is 0 Å². The lowest BCUT2D eigenvalue weighted by Crippen LogP contribution is -2.34. The largest absolute Gasteiger partial charge is 0.338 e. The molecule has 0 radical (unpaired) electrons. The Bertz CT molecular complexity index is 624. The van der Waals surface area contributed by atoms with E-state index in [0.717, 1.165) is 29.1 Å². The lowest BCUT2D eigenvalue weighted by Gasteiger charge is -2.38. The van der Waals surface area contributed by atoms with E-state index in [1.54, 1.807) is 0 Å². The normalized spacial score (nSPS) is 17.9. The molecule has 1 unspecified atom stereocenters. The third kappa shape index (κ3) is 2.19. The molecule has 2 aromatic carbocycles. The Morgan fingerprint density at radius 3 is 2.70 bits per heavy atom. The third-order valence-corrected chi connectivity index (χ3v) is 4.44. The fourth-order valence-electron chi connectivity index (χ4n) is 3.03. The molecule has 2 nitrogen and oxygen atoms in total. The van der Waals surface area contributed by atoms with Crippen LogP contribution in [0, 0.1) is 0 Å². The summed E-state index contributed by atoms with van der Waals surface area (Å²) >= 11 is 6.32. The molecule has 0 saturated carbocycles. The van der Waals surface area contributed by atoms with E-state index in [-0.39, 0.29) is 0 Å². The molecule has 0 bridgehead atoms. The van der Waals surface area contributed by atoms with Crippen molar-refractivity contribution in [3.05, 3.63) is 58.6 Å². The molecule has 0 fully saturated rings. The number of fused-ring (bicyclic) bond motifs is 1. The molecule has 20 heavy (non-hydrogen) atoms. The maximum atomic E-state index is 6.32. The van der Waals surface area contributed by atoms with Crippen LogP contribution in [0.25, 0.3) is 0 Å². The summed E-state index contributed by atoms with van der Waals surface area (Å²) in [5.74, 6) is 0. The van der Waals surface area contributed by atoms with Crippen molar-refractivity contribution in [3.63, 3.8) is 0 Å². The Hall–Kier alpha value is -1.51. The summed E-state index contributed by atoms with van der Waals surface area (Å²) in [7, 11) is 0. The molecule has 104 valence electrons. The fraction of sp³-hybridized carbons (Fsp3) is 0.294. The van der Waals surface area contributed by atoms with Gasteiger partial charge in [0.15, 0.2) is 0 Å². The van der Waals surface area contributed by atoms with Gasteiger partial charge in [-0.05, 0) is 43.5 Å². The minimum absolute atomic E-state index is 0.452. The van der Waals surface area contributed by atoms with Gasteiger partial charge in [0.25, 0.3) is 0 Å². The van der Waals surface area contributed by atoms with Crippen LogP contribution in [0.15, 0.2) is 42.5 Å². The first-order valence-electron chi connectivity index (χ1n) is 7.07. The Balaban J connectivity index is 2.17. The summed E-state index contributed by atoms with van der Waals surface area (Å²) in [5.41, 5.74) is 10.8. The van der Waals surface area contributed by atoms with E-state index >= 15 is 0 Å². The molecule has 2 aromatic rings. The number of para-hydroxylation sites is 1. The third-order valence-electron chi connectivity index (χ3n) is 4.08. The van der Waals surface area contributed by atoms with Gasteiger partial charge in [-0.3, -0.25) is 0 Å². The van der Waals surface area contributed by atoms with Crippen molar-refractivity contribution in [2.24, 2.45) is 5.73 Å². The quantitative estimate of drug-likeness (QED) is 0.893. The van der Waals surface area contributed by atoms with Gasteiger partial charge in [0.2, 0.25) is 0 Å². The predicted molar refractivity (Wildman–Crippen MR) is 85.7 cm³/mol. The standard InChI is InChI=1S/C17H19ClN2/c1-12-9-10-13-5-2-3-7-16(13)20(12)17-8-4-6-15(18)14(17)11-19/h2-8,12H,9-11,19H2,1H3. The topological polar surface area (TPSA) is 29.3 Å². The van der Waals surface area contributed by atoms with Gasteiger partial charge in [-0.1, -0.05) is 35.9 Å². The second-order valence-corrected chi connectivity index (χ2v) is 5.74. The first-order chi connectivity index (χ1) is 9.72. The van der Waals surface area contributed by atoms with E-state index in [2.05, 4.69) is 42.2 Å². The van der Waals surface area contributed by atoms with Gasteiger partial charge < -0.3 is 10.6 Å². The first-order valence-corrected chi connectivity index (χ1v) is 7.44.